The number of aliphatic hydroxyl groups excluding tert-OH is 1. The quantitative estimate of drug-likeness (QED) is 0.846. The minimum absolute atomic E-state index is 0.280. The van der Waals surface area contributed by atoms with E-state index in [0.29, 0.717) is 12.1 Å². The standard InChI is InChI=1S/C15H20N2O2/c16-9-12-4-6-13(7-5-12)15(18)11-17-10-14-3-1-2-8-19-14/h4-7,14-15,17-18H,1-3,8,10-11H2. The lowest BCUT2D eigenvalue weighted by Crippen LogP contribution is -2.34. The zero-order chi connectivity index (χ0) is 13.5. The molecule has 0 bridgehead atoms. The molecule has 0 aromatic heterocycles. The minimum Gasteiger partial charge on any atom is -0.387 e. The van der Waals surface area contributed by atoms with E-state index >= 15 is 0 Å². The number of nitrogens with zero attached hydrogens (tertiary/aromatic N) is 1. The van der Waals surface area contributed by atoms with Crippen molar-refractivity contribution in [2.24, 2.45) is 0 Å². The molecule has 2 atom stereocenters. The fourth-order valence-electron chi connectivity index (χ4n) is 2.25. The van der Waals surface area contributed by atoms with E-state index in [-0.39, 0.29) is 6.10 Å². The van der Waals surface area contributed by atoms with Gasteiger partial charge >= 0.3 is 0 Å². The lowest BCUT2D eigenvalue weighted by Gasteiger charge is -2.23. The average Bonchev–Trinajstić information content (AvgIpc) is 2.48. The van der Waals surface area contributed by atoms with Crippen LogP contribution in [0.4, 0.5) is 0 Å². The maximum Gasteiger partial charge on any atom is 0.0991 e. The van der Waals surface area contributed by atoms with Crippen LogP contribution in [-0.2, 0) is 4.74 Å². The molecule has 0 radical (unpaired) electrons. The summed E-state index contributed by atoms with van der Waals surface area (Å²) in [6.45, 7) is 2.14. The van der Waals surface area contributed by atoms with Crippen molar-refractivity contribution in [2.75, 3.05) is 19.7 Å². The van der Waals surface area contributed by atoms with E-state index in [1.165, 1.54) is 6.42 Å². The first-order valence-electron chi connectivity index (χ1n) is 6.80. The summed E-state index contributed by atoms with van der Waals surface area (Å²) in [5.41, 5.74) is 1.44. The number of ether oxygens (including phenoxy) is 1. The van der Waals surface area contributed by atoms with Crippen LogP contribution >= 0.6 is 0 Å². The highest BCUT2D eigenvalue weighted by molar-refractivity contribution is 5.32. The van der Waals surface area contributed by atoms with Gasteiger partial charge in [-0.15, -0.1) is 0 Å². The molecule has 19 heavy (non-hydrogen) atoms. The number of hydrogen-bond acceptors (Lipinski definition) is 4. The van der Waals surface area contributed by atoms with Crippen molar-refractivity contribution in [1.82, 2.24) is 5.32 Å². The molecule has 2 N–H and O–H groups in total. The van der Waals surface area contributed by atoms with Gasteiger partial charge in [0.05, 0.1) is 23.8 Å². The molecule has 1 aliphatic rings. The second-order valence-corrected chi connectivity index (χ2v) is 4.90. The molecule has 4 heteroatoms. The summed E-state index contributed by atoms with van der Waals surface area (Å²) in [4.78, 5) is 0. The molecule has 0 spiro atoms. The SMILES string of the molecule is N#Cc1ccc(C(O)CNCC2CCCCO2)cc1. The van der Waals surface area contributed by atoms with E-state index in [9.17, 15) is 5.11 Å². The van der Waals surface area contributed by atoms with Crippen molar-refractivity contribution in [2.45, 2.75) is 31.5 Å². The highest BCUT2D eigenvalue weighted by atomic mass is 16.5. The fraction of sp³-hybridized carbons (Fsp3) is 0.533. The highest BCUT2D eigenvalue weighted by Gasteiger charge is 2.14. The maximum absolute atomic E-state index is 10.0. The van der Waals surface area contributed by atoms with Gasteiger partial charge in [0.25, 0.3) is 0 Å². The molecule has 1 fully saturated rings. The molecule has 1 aromatic rings. The summed E-state index contributed by atoms with van der Waals surface area (Å²) < 4.78 is 5.62. The smallest absolute Gasteiger partial charge is 0.0991 e. The van der Waals surface area contributed by atoms with E-state index in [4.69, 9.17) is 10.00 Å². The molecule has 1 saturated heterocycles. The number of rotatable bonds is 5. The van der Waals surface area contributed by atoms with Gasteiger partial charge in [-0.2, -0.15) is 5.26 Å². The van der Waals surface area contributed by atoms with Gasteiger partial charge in [0.15, 0.2) is 0 Å². The monoisotopic (exact) mass is 260 g/mol. The van der Waals surface area contributed by atoms with E-state index in [0.717, 1.165) is 31.6 Å². The predicted octanol–water partition coefficient (Wildman–Crippen LogP) is 1.75. The highest BCUT2D eigenvalue weighted by Crippen LogP contribution is 2.14. The van der Waals surface area contributed by atoms with E-state index in [2.05, 4.69) is 11.4 Å². The van der Waals surface area contributed by atoms with E-state index in [1.807, 2.05) is 0 Å². The van der Waals surface area contributed by atoms with Gasteiger partial charge in [-0.05, 0) is 37.0 Å². The van der Waals surface area contributed by atoms with Gasteiger partial charge in [0.2, 0.25) is 0 Å². The summed E-state index contributed by atoms with van der Waals surface area (Å²) in [6.07, 6.45) is 3.22. The van der Waals surface area contributed by atoms with Gasteiger partial charge in [-0.1, -0.05) is 12.1 Å². The van der Waals surface area contributed by atoms with Crippen LogP contribution in [-0.4, -0.2) is 30.9 Å². The molecule has 0 saturated carbocycles. The van der Waals surface area contributed by atoms with Crippen molar-refractivity contribution >= 4 is 0 Å². The van der Waals surface area contributed by atoms with Crippen LogP contribution in [0.1, 0.15) is 36.5 Å². The average molecular weight is 260 g/mol. The summed E-state index contributed by atoms with van der Waals surface area (Å²) in [5, 5.41) is 22.0. The Morgan fingerprint density at radius 2 is 2.16 bits per heavy atom. The third-order valence-electron chi connectivity index (χ3n) is 3.41. The van der Waals surface area contributed by atoms with Crippen LogP contribution in [0.5, 0.6) is 0 Å². The predicted molar refractivity (Wildman–Crippen MR) is 72.6 cm³/mol. The Labute approximate surface area is 114 Å². The van der Waals surface area contributed by atoms with Gasteiger partial charge in [-0.3, -0.25) is 0 Å². The Morgan fingerprint density at radius 1 is 1.37 bits per heavy atom. The lowest BCUT2D eigenvalue weighted by atomic mass is 10.1. The molecule has 4 nitrogen and oxygen atoms in total. The molecule has 1 aromatic carbocycles. The molecule has 102 valence electrons. The van der Waals surface area contributed by atoms with Crippen LogP contribution in [0.2, 0.25) is 0 Å². The van der Waals surface area contributed by atoms with Gasteiger partial charge in [0, 0.05) is 19.7 Å². The second-order valence-electron chi connectivity index (χ2n) is 4.90. The Morgan fingerprint density at radius 3 is 2.79 bits per heavy atom. The third-order valence-corrected chi connectivity index (χ3v) is 3.41. The van der Waals surface area contributed by atoms with Crippen LogP contribution in [0, 0.1) is 11.3 Å². The van der Waals surface area contributed by atoms with Crippen LogP contribution < -0.4 is 5.32 Å². The Hall–Kier alpha value is -1.41. The Kier molecular flexibility index (Phi) is 5.34. The zero-order valence-corrected chi connectivity index (χ0v) is 11.0. The van der Waals surface area contributed by atoms with Crippen molar-refractivity contribution in [3.8, 4) is 6.07 Å². The molecular formula is C15H20N2O2. The summed E-state index contributed by atoms with van der Waals surface area (Å²) in [6, 6.07) is 9.10. The first-order chi connectivity index (χ1) is 9.29. The number of benzene rings is 1. The topological polar surface area (TPSA) is 65.3 Å². The second kappa shape index (κ2) is 7.25. The molecule has 2 rings (SSSR count). The molecule has 0 amide bonds. The first-order valence-corrected chi connectivity index (χ1v) is 6.80. The first kappa shape index (κ1) is 14.0. The Bertz CT molecular complexity index is 419. The van der Waals surface area contributed by atoms with E-state index < -0.39 is 6.10 Å². The van der Waals surface area contributed by atoms with Gasteiger partial charge in [0.1, 0.15) is 0 Å². The van der Waals surface area contributed by atoms with Crippen LogP contribution in [0.15, 0.2) is 24.3 Å². The number of nitriles is 1. The molecular weight excluding hydrogens is 240 g/mol. The van der Waals surface area contributed by atoms with Gasteiger partial charge in [-0.25, -0.2) is 0 Å². The fourth-order valence-corrected chi connectivity index (χ4v) is 2.25. The third kappa shape index (κ3) is 4.32. The zero-order valence-electron chi connectivity index (χ0n) is 11.0. The molecule has 0 aliphatic carbocycles. The van der Waals surface area contributed by atoms with Crippen LogP contribution in [0.3, 0.4) is 0 Å². The lowest BCUT2D eigenvalue weighted by molar-refractivity contribution is 0.0152. The normalized spacial score (nSPS) is 20.7. The number of nitrogens with one attached hydrogen (secondary N) is 1. The van der Waals surface area contributed by atoms with Crippen molar-refractivity contribution < 1.29 is 9.84 Å². The summed E-state index contributed by atoms with van der Waals surface area (Å²) in [5.74, 6) is 0. The van der Waals surface area contributed by atoms with Gasteiger partial charge < -0.3 is 15.2 Å². The summed E-state index contributed by atoms with van der Waals surface area (Å²) in [7, 11) is 0. The number of hydrogen-bond donors (Lipinski definition) is 2. The minimum atomic E-state index is -0.545. The maximum atomic E-state index is 10.0. The Balaban J connectivity index is 1.73. The molecule has 1 aliphatic heterocycles. The molecule has 2 unspecified atom stereocenters. The van der Waals surface area contributed by atoms with Crippen molar-refractivity contribution in [1.29, 1.82) is 5.26 Å². The van der Waals surface area contributed by atoms with Crippen LogP contribution in [0.25, 0.3) is 0 Å². The van der Waals surface area contributed by atoms with Crippen molar-refractivity contribution in [3.63, 3.8) is 0 Å². The van der Waals surface area contributed by atoms with E-state index in [1.54, 1.807) is 24.3 Å². The largest absolute Gasteiger partial charge is 0.387 e. The number of aliphatic hydroxyl groups is 1. The molecule has 1 heterocycles. The summed E-state index contributed by atoms with van der Waals surface area (Å²) >= 11 is 0. The van der Waals surface area contributed by atoms with Crippen molar-refractivity contribution in [3.05, 3.63) is 35.4 Å².